The van der Waals surface area contributed by atoms with E-state index in [1.807, 2.05) is 6.92 Å². The minimum atomic E-state index is -0.730. The molecule has 5 N–H and O–H groups in total. The molecule has 0 spiro atoms. The second kappa shape index (κ2) is 5.71. The highest BCUT2D eigenvalue weighted by Gasteiger charge is 2.13. The molecule has 0 radical (unpaired) electrons. The third-order valence-electron chi connectivity index (χ3n) is 1.93. The number of nitrogens with zero attached hydrogens (tertiary/aromatic N) is 2. The van der Waals surface area contributed by atoms with E-state index < -0.39 is 11.9 Å². The molecule has 1 aromatic heterocycles. The molecular formula is C8H15N5O2S. The Kier molecular flexibility index (Phi) is 4.56. The number of carbonyl (C=O) groups excluding carboxylic acids is 1. The molecule has 0 aliphatic rings. The van der Waals surface area contributed by atoms with Gasteiger partial charge < -0.3 is 11.5 Å². The van der Waals surface area contributed by atoms with E-state index in [2.05, 4.69) is 10.2 Å². The van der Waals surface area contributed by atoms with Crippen LogP contribution in [-0.2, 0) is 11.3 Å². The highest BCUT2D eigenvalue weighted by atomic mass is 32.2. The van der Waals surface area contributed by atoms with Crippen LogP contribution in [0.1, 0.15) is 13.3 Å². The molecule has 7 nitrogen and oxygen atoms in total. The number of hydrogen-bond donors (Lipinski definition) is 3. The van der Waals surface area contributed by atoms with E-state index >= 15 is 0 Å². The first kappa shape index (κ1) is 12.8. The Hall–Kier alpha value is -1.28. The number of hydrogen-bond acceptors (Lipinski definition) is 5. The zero-order chi connectivity index (χ0) is 12.1. The second-order valence-corrected chi connectivity index (χ2v) is 4.27. The van der Waals surface area contributed by atoms with Crippen LogP contribution in [0.2, 0.25) is 0 Å². The van der Waals surface area contributed by atoms with Crippen molar-refractivity contribution in [2.75, 3.05) is 5.75 Å². The van der Waals surface area contributed by atoms with E-state index in [1.165, 1.54) is 16.3 Å². The van der Waals surface area contributed by atoms with Gasteiger partial charge in [0.1, 0.15) is 0 Å². The summed E-state index contributed by atoms with van der Waals surface area (Å²) in [6.07, 6.45) is 0.828. The van der Waals surface area contributed by atoms with E-state index in [0.29, 0.717) is 17.5 Å². The number of rotatable bonds is 6. The maximum Gasteiger partial charge on any atom is 0.343 e. The van der Waals surface area contributed by atoms with Crippen molar-refractivity contribution < 1.29 is 4.79 Å². The van der Waals surface area contributed by atoms with Crippen molar-refractivity contribution >= 4 is 17.7 Å². The first-order valence-corrected chi connectivity index (χ1v) is 5.87. The quantitative estimate of drug-likeness (QED) is 0.549. The minimum Gasteiger partial charge on any atom is -0.368 e. The summed E-state index contributed by atoms with van der Waals surface area (Å²) in [5, 5.41) is 6.73. The maximum atomic E-state index is 11.3. The lowest BCUT2D eigenvalue weighted by Crippen LogP contribution is -2.38. The van der Waals surface area contributed by atoms with Gasteiger partial charge in [-0.2, -0.15) is 0 Å². The Morgan fingerprint density at radius 2 is 2.38 bits per heavy atom. The molecule has 1 unspecified atom stereocenters. The fourth-order valence-corrected chi connectivity index (χ4v) is 2.01. The molecule has 0 aliphatic heterocycles. The van der Waals surface area contributed by atoms with E-state index in [4.69, 9.17) is 11.5 Å². The maximum absolute atomic E-state index is 11.3. The number of H-pyrrole nitrogens is 1. The summed E-state index contributed by atoms with van der Waals surface area (Å²) >= 11 is 1.24. The van der Waals surface area contributed by atoms with Crippen LogP contribution in [0.5, 0.6) is 0 Å². The molecule has 1 rings (SSSR count). The van der Waals surface area contributed by atoms with Crippen LogP contribution < -0.4 is 17.2 Å². The van der Waals surface area contributed by atoms with E-state index in [0.717, 1.165) is 6.42 Å². The fraction of sp³-hybridized carbons (Fsp3) is 0.625. The van der Waals surface area contributed by atoms with Crippen molar-refractivity contribution in [2.45, 2.75) is 31.1 Å². The predicted octanol–water partition coefficient (Wildman–Crippen LogP) is -1.11. The number of carbonyl (C=O) groups is 1. The molecule has 0 bridgehead atoms. The lowest BCUT2D eigenvalue weighted by molar-refractivity contribution is -0.118. The van der Waals surface area contributed by atoms with Gasteiger partial charge in [-0.25, -0.2) is 9.89 Å². The van der Waals surface area contributed by atoms with Crippen LogP contribution in [0.3, 0.4) is 0 Å². The zero-order valence-electron chi connectivity index (χ0n) is 8.97. The average Bonchev–Trinajstić information content (AvgIpc) is 2.58. The molecule has 1 atom stereocenters. The Morgan fingerprint density at radius 1 is 1.69 bits per heavy atom. The van der Waals surface area contributed by atoms with Crippen LogP contribution >= 0.6 is 11.8 Å². The largest absolute Gasteiger partial charge is 0.368 e. The number of aromatic amines is 1. The number of primary amides is 1. The van der Waals surface area contributed by atoms with Gasteiger partial charge in [0.05, 0.1) is 6.04 Å². The van der Waals surface area contributed by atoms with Gasteiger partial charge in [0.2, 0.25) is 5.91 Å². The molecule has 90 valence electrons. The fourth-order valence-electron chi connectivity index (χ4n) is 1.08. The van der Waals surface area contributed by atoms with E-state index in [-0.39, 0.29) is 5.69 Å². The van der Waals surface area contributed by atoms with Gasteiger partial charge >= 0.3 is 5.69 Å². The van der Waals surface area contributed by atoms with Gasteiger partial charge in [-0.1, -0.05) is 18.7 Å². The van der Waals surface area contributed by atoms with Crippen molar-refractivity contribution in [1.82, 2.24) is 14.8 Å². The Balaban J connectivity index is 2.67. The second-order valence-electron chi connectivity index (χ2n) is 3.28. The molecule has 1 aromatic rings. The summed E-state index contributed by atoms with van der Waals surface area (Å²) in [6.45, 7) is 2.55. The summed E-state index contributed by atoms with van der Waals surface area (Å²) in [4.78, 5) is 22.0. The molecule has 8 heteroatoms. The smallest absolute Gasteiger partial charge is 0.343 e. The van der Waals surface area contributed by atoms with Gasteiger partial charge in [0.25, 0.3) is 0 Å². The van der Waals surface area contributed by atoms with E-state index in [1.54, 1.807) is 0 Å². The van der Waals surface area contributed by atoms with Crippen molar-refractivity contribution in [2.24, 2.45) is 11.5 Å². The summed E-state index contributed by atoms with van der Waals surface area (Å²) in [6, 6.07) is -0.730. The summed E-state index contributed by atoms with van der Waals surface area (Å²) in [5.41, 5.74) is 10.2. The van der Waals surface area contributed by atoms with Gasteiger partial charge in [0, 0.05) is 12.3 Å². The monoisotopic (exact) mass is 245 g/mol. The van der Waals surface area contributed by atoms with Gasteiger partial charge in [-0.05, 0) is 6.42 Å². The predicted molar refractivity (Wildman–Crippen MR) is 61.0 cm³/mol. The Bertz CT molecular complexity index is 413. The molecule has 16 heavy (non-hydrogen) atoms. The Morgan fingerprint density at radius 3 is 2.94 bits per heavy atom. The SMILES string of the molecule is CCCn1c(SCC(N)C(N)=O)n[nH]c1=O. The molecular weight excluding hydrogens is 230 g/mol. The van der Waals surface area contributed by atoms with Gasteiger partial charge in [-0.15, -0.1) is 5.10 Å². The van der Waals surface area contributed by atoms with Crippen LogP contribution in [0.4, 0.5) is 0 Å². The first-order valence-electron chi connectivity index (χ1n) is 4.89. The average molecular weight is 245 g/mol. The number of amides is 1. The highest BCUT2D eigenvalue weighted by Crippen LogP contribution is 2.13. The van der Waals surface area contributed by atoms with Gasteiger partial charge in [0.15, 0.2) is 5.16 Å². The standard InChI is InChI=1S/C8H15N5O2S/c1-2-3-13-7(15)11-12-8(13)16-4-5(9)6(10)14/h5H,2-4,9H2,1H3,(H2,10,14)(H,11,15). The molecule has 1 amide bonds. The summed E-state index contributed by atoms with van der Waals surface area (Å²) in [7, 11) is 0. The summed E-state index contributed by atoms with van der Waals surface area (Å²) in [5.74, 6) is -0.254. The van der Waals surface area contributed by atoms with E-state index in [9.17, 15) is 9.59 Å². The Labute approximate surface area is 96.6 Å². The number of thioether (sulfide) groups is 1. The van der Waals surface area contributed by atoms with Crippen LogP contribution in [0, 0.1) is 0 Å². The molecule has 0 aliphatic carbocycles. The van der Waals surface area contributed by atoms with Crippen LogP contribution in [-0.4, -0.2) is 32.5 Å². The third kappa shape index (κ3) is 3.11. The number of aromatic nitrogens is 3. The van der Waals surface area contributed by atoms with Crippen LogP contribution in [0.25, 0.3) is 0 Å². The molecule has 1 heterocycles. The molecule has 0 aromatic carbocycles. The number of nitrogens with one attached hydrogen (secondary N) is 1. The third-order valence-corrected chi connectivity index (χ3v) is 3.02. The topological polar surface area (TPSA) is 120 Å². The van der Waals surface area contributed by atoms with Crippen molar-refractivity contribution in [3.8, 4) is 0 Å². The summed E-state index contributed by atoms with van der Waals surface area (Å²) < 4.78 is 1.51. The zero-order valence-corrected chi connectivity index (χ0v) is 9.79. The molecule has 0 saturated heterocycles. The van der Waals surface area contributed by atoms with Gasteiger partial charge in [-0.3, -0.25) is 9.36 Å². The van der Waals surface area contributed by atoms with Crippen LogP contribution in [0.15, 0.2) is 9.95 Å². The lowest BCUT2D eigenvalue weighted by atomic mass is 10.3. The normalized spacial score (nSPS) is 12.6. The first-order chi connectivity index (χ1) is 7.56. The highest BCUT2D eigenvalue weighted by molar-refractivity contribution is 7.99. The van der Waals surface area contributed by atoms with Crippen molar-refractivity contribution in [3.05, 3.63) is 10.5 Å². The lowest BCUT2D eigenvalue weighted by Gasteiger charge is -2.06. The molecule has 0 fully saturated rings. The number of nitrogens with two attached hydrogens (primary N) is 2. The van der Waals surface area contributed by atoms with Crippen molar-refractivity contribution in [1.29, 1.82) is 0 Å². The molecule has 0 saturated carbocycles. The minimum absolute atomic E-state index is 0.253. The van der Waals surface area contributed by atoms with Crippen molar-refractivity contribution in [3.63, 3.8) is 0 Å².